The Hall–Kier alpha value is -1.39. The molecule has 0 saturated heterocycles. The van der Waals surface area contributed by atoms with Gasteiger partial charge in [-0.25, -0.2) is 0 Å². The number of hydrogen-bond donors (Lipinski definition) is 3. The molecule has 1 aromatic rings. The molecule has 0 radical (unpaired) electrons. The number of benzene rings is 1. The van der Waals surface area contributed by atoms with Crippen LogP contribution in [0.4, 0.5) is 0 Å². The highest BCUT2D eigenvalue weighted by atomic mass is 16.3. The van der Waals surface area contributed by atoms with Crippen LogP contribution >= 0.6 is 0 Å². The quantitative estimate of drug-likeness (QED) is 0.695. The first-order chi connectivity index (χ1) is 8.54. The van der Waals surface area contributed by atoms with Crippen molar-refractivity contribution in [2.24, 2.45) is 11.7 Å². The van der Waals surface area contributed by atoms with Gasteiger partial charge in [0.1, 0.15) is 0 Å². The Morgan fingerprint density at radius 2 is 1.94 bits per heavy atom. The maximum absolute atomic E-state index is 11.9. The fraction of sp³-hybridized carbons (Fsp3) is 0.500. The Kier molecular flexibility index (Phi) is 5.82. The van der Waals surface area contributed by atoms with Gasteiger partial charge in [-0.05, 0) is 24.8 Å². The Labute approximate surface area is 108 Å². The summed E-state index contributed by atoms with van der Waals surface area (Å²) in [4.78, 5) is 11.9. The van der Waals surface area contributed by atoms with E-state index < -0.39 is 6.04 Å². The van der Waals surface area contributed by atoms with Crippen LogP contribution in [0.15, 0.2) is 30.3 Å². The molecule has 0 spiro atoms. The van der Waals surface area contributed by atoms with E-state index in [1.807, 2.05) is 44.2 Å². The van der Waals surface area contributed by atoms with Gasteiger partial charge < -0.3 is 16.2 Å². The molecule has 1 rings (SSSR count). The Bertz CT molecular complexity index is 367. The van der Waals surface area contributed by atoms with E-state index in [4.69, 9.17) is 10.8 Å². The summed E-state index contributed by atoms with van der Waals surface area (Å²) in [6.45, 7) is 3.80. The van der Waals surface area contributed by atoms with Crippen molar-refractivity contribution in [2.45, 2.75) is 32.4 Å². The molecule has 1 amide bonds. The molecule has 18 heavy (non-hydrogen) atoms. The van der Waals surface area contributed by atoms with Gasteiger partial charge in [0.15, 0.2) is 0 Å². The Balaban J connectivity index is 2.47. The van der Waals surface area contributed by atoms with E-state index in [9.17, 15) is 4.79 Å². The van der Waals surface area contributed by atoms with E-state index in [1.165, 1.54) is 0 Å². The summed E-state index contributed by atoms with van der Waals surface area (Å²) < 4.78 is 0. The van der Waals surface area contributed by atoms with Gasteiger partial charge in [0.05, 0.1) is 6.04 Å². The van der Waals surface area contributed by atoms with E-state index in [-0.39, 0.29) is 24.5 Å². The van der Waals surface area contributed by atoms with E-state index >= 15 is 0 Å². The smallest absolute Gasteiger partial charge is 0.237 e. The van der Waals surface area contributed by atoms with Gasteiger partial charge in [-0.15, -0.1) is 0 Å². The lowest BCUT2D eigenvalue weighted by atomic mass is 10.0. The van der Waals surface area contributed by atoms with Gasteiger partial charge >= 0.3 is 0 Å². The largest absolute Gasteiger partial charge is 0.396 e. The number of aliphatic hydroxyl groups excluding tert-OH is 1. The van der Waals surface area contributed by atoms with Crippen molar-refractivity contribution in [3.63, 3.8) is 0 Å². The third-order valence-corrected chi connectivity index (χ3v) is 3.15. The van der Waals surface area contributed by atoms with Crippen LogP contribution in [0.3, 0.4) is 0 Å². The minimum atomic E-state index is -0.555. The molecule has 0 aliphatic carbocycles. The number of carbonyl (C=O) groups is 1. The molecule has 0 heterocycles. The van der Waals surface area contributed by atoms with Crippen LogP contribution in [0, 0.1) is 5.92 Å². The number of carbonyl (C=O) groups excluding carboxylic acids is 1. The van der Waals surface area contributed by atoms with E-state index in [0.717, 1.165) is 5.56 Å². The van der Waals surface area contributed by atoms with E-state index in [2.05, 4.69) is 5.32 Å². The molecule has 0 aromatic heterocycles. The first-order valence-electron chi connectivity index (χ1n) is 6.25. The standard InChI is InChI=1S/C14H22N2O2/c1-10(9-17)11(2)16-14(18)13(15)8-12-6-4-3-5-7-12/h3-7,10-11,13,17H,8-9,15H2,1-2H3,(H,16,18)/t10?,11?,13-/m1/s1. The van der Waals surface area contributed by atoms with Crippen LogP contribution in [-0.4, -0.2) is 29.7 Å². The highest BCUT2D eigenvalue weighted by molar-refractivity contribution is 5.82. The van der Waals surface area contributed by atoms with Crippen LogP contribution in [0.1, 0.15) is 19.4 Å². The third kappa shape index (κ3) is 4.47. The number of nitrogens with two attached hydrogens (primary N) is 1. The van der Waals surface area contributed by atoms with Crippen LogP contribution in [0.2, 0.25) is 0 Å². The Morgan fingerprint density at radius 3 is 2.50 bits per heavy atom. The molecular formula is C14H22N2O2. The number of amides is 1. The SMILES string of the molecule is CC(CO)C(C)NC(=O)[C@H](N)Cc1ccccc1. The van der Waals surface area contributed by atoms with Crippen LogP contribution in [0.5, 0.6) is 0 Å². The summed E-state index contributed by atoms with van der Waals surface area (Å²) in [6.07, 6.45) is 0.521. The van der Waals surface area contributed by atoms with Crippen LogP contribution in [-0.2, 0) is 11.2 Å². The minimum absolute atomic E-state index is 0.0258. The molecular weight excluding hydrogens is 228 g/mol. The van der Waals surface area contributed by atoms with Crippen molar-refractivity contribution >= 4 is 5.91 Å². The summed E-state index contributed by atoms with van der Waals surface area (Å²) in [7, 11) is 0. The minimum Gasteiger partial charge on any atom is -0.396 e. The van der Waals surface area contributed by atoms with E-state index in [1.54, 1.807) is 0 Å². The van der Waals surface area contributed by atoms with Gasteiger partial charge in [0.25, 0.3) is 0 Å². The topological polar surface area (TPSA) is 75.3 Å². The summed E-state index contributed by atoms with van der Waals surface area (Å²) in [5.41, 5.74) is 6.91. The van der Waals surface area contributed by atoms with Gasteiger partial charge in [-0.3, -0.25) is 4.79 Å². The normalized spacial score (nSPS) is 15.8. The molecule has 0 aliphatic heterocycles. The van der Waals surface area contributed by atoms with Crippen LogP contribution in [0.25, 0.3) is 0 Å². The molecule has 2 unspecified atom stereocenters. The Morgan fingerprint density at radius 1 is 1.33 bits per heavy atom. The maximum Gasteiger partial charge on any atom is 0.237 e. The molecule has 4 nitrogen and oxygen atoms in total. The van der Waals surface area contributed by atoms with Crippen molar-refractivity contribution in [1.29, 1.82) is 0 Å². The summed E-state index contributed by atoms with van der Waals surface area (Å²) in [5.74, 6) is -0.149. The first-order valence-corrected chi connectivity index (χ1v) is 6.25. The van der Waals surface area contributed by atoms with Crippen LogP contribution < -0.4 is 11.1 Å². The van der Waals surface area contributed by atoms with Crippen molar-refractivity contribution in [3.8, 4) is 0 Å². The predicted molar refractivity (Wildman–Crippen MR) is 72.0 cm³/mol. The first kappa shape index (κ1) is 14.7. The van der Waals surface area contributed by atoms with Gasteiger partial charge in [0, 0.05) is 12.6 Å². The predicted octanol–water partition coefficient (Wildman–Crippen LogP) is 0.690. The number of hydrogen-bond acceptors (Lipinski definition) is 3. The lowest BCUT2D eigenvalue weighted by molar-refractivity contribution is -0.123. The number of nitrogens with one attached hydrogen (secondary N) is 1. The molecule has 1 aromatic carbocycles. The summed E-state index contributed by atoms with van der Waals surface area (Å²) >= 11 is 0. The molecule has 4 N–H and O–H groups in total. The molecule has 4 heteroatoms. The second-order valence-corrected chi connectivity index (χ2v) is 4.75. The van der Waals surface area contributed by atoms with E-state index in [0.29, 0.717) is 6.42 Å². The van der Waals surface area contributed by atoms with Gasteiger partial charge in [-0.2, -0.15) is 0 Å². The second-order valence-electron chi connectivity index (χ2n) is 4.75. The summed E-state index contributed by atoms with van der Waals surface area (Å²) in [5, 5.41) is 11.8. The molecule has 0 bridgehead atoms. The number of aliphatic hydroxyl groups is 1. The van der Waals surface area contributed by atoms with Crippen molar-refractivity contribution in [3.05, 3.63) is 35.9 Å². The van der Waals surface area contributed by atoms with Crippen molar-refractivity contribution < 1.29 is 9.90 Å². The molecule has 3 atom stereocenters. The highest BCUT2D eigenvalue weighted by Gasteiger charge is 2.18. The second kappa shape index (κ2) is 7.13. The van der Waals surface area contributed by atoms with Crippen molar-refractivity contribution in [2.75, 3.05) is 6.61 Å². The lowest BCUT2D eigenvalue weighted by Crippen LogP contribution is -2.47. The fourth-order valence-electron chi connectivity index (χ4n) is 1.59. The fourth-order valence-corrected chi connectivity index (χ4v) is 1.59. The molecule has 0 aliphatic rings. The average molecular weight is 250 g/mol. The van der Waals surface area contributed by atoms with Crippen molar-refractivity contribution in [1.82, 2.24) is 5.32 Å². The zero-order valence-electron chi connectivity index (χ0n) is 11.0. The van der Waals surface area contributed by atoms with Gasteiger partial charge in [0.2, 0.25) is 5.91 Å². The van der Waals surface area contributed by atoms with Gasteiger partial charge in [-0.1, -0.05) is 37.3 Å². The number of rotatable bonds is 6. The zero-order chi connectivity index (χ0) is 13.5. The molecule has 100 valence electrons. The zero-order valence-corrected chi connectivity index (χ0v) is 11.0. The maximum atomic E-state index is 11.9. The molecule has 0 fully saturated rings. The molecule has 0 saturated carbocycles. The monoisotopic (exact) mass is 250 g/mol. The third-order valence-electron chi connectivity index (χ3n) is 3.15. The average Bonchev–Trinajstić information content (AvgIpc) is 2.38. The summed E-state index contributed by atoms with van der Waals surface area (Å²) in [6, 6.07) is 9.05. The lowest BCUT2D eigenvalue weighted by Gasteiger charge is -2.21. The highest BCUT2D eigenvalue weighted by Crippen LogP contribution is 2.04.